The first kappa shape index (κ1) is 49.2. The molecule has 0 unspecified atom stereocenters. The summed E-state index contributed by atoms with van der Waals surface area (Å²) in [7, 11) is 3.63. The molecule has 1 amide bonds. The Morgan fingerprint density at radius 2 is 1.82 bits per heavy atom. The molecule has 344 valence electrons. The standard InChI is InChI=1S/C43H63FN6O11S/c1-12-31-43(9,55)37-24(4)33(46-26(6)51)22(2)17-41(7,57-19-27(18-56-37)49-58-20-28-21-62-38(47-28)29-14-13-15-32(45)48-29)36(25(5)35(53)42(8,44)40(54)60-31)61-39-34(52)30(50(10)11)16-23(3)59-39/h13-15,21-25,30-31,34,36-37,39,52,55H,12,16-20H2,1-11H3,(H2,45,48)/b46-33?,49-27+/t22-,23-,24+,25+,30+,31-,34-,36-,37+,39+,41-,42+,43-/m1/s1. The highest BCUT2D eigenvalue weighted by Crippen LogP contribution is 2.41. The number of halogens is 1. The van der Waals surface area contributed by atoms with E-state index in [-0.39, 0.29) is 38.4 Å². The minimum Gasteiger partial charge on any atom is -0.457 e. The SMILES string of the molecule is CC[C@H]1OC(=O)[C@@](C)(F)C(=O)[C@H](C)[C@@H](O[C@@H]2O[C@H](C)C[C@H](N(C)C)[C@H]2O)[C@@]2(C)C[C@@H](C)C(=NC(C)=O)[C@H](C)[C@H](OC/C(=N\OCc3csc(-c4cccc(N)n4)n3)CO2)[C@]1(C)O. The molecule has 3 aliphatic rings. The van der Waals surface area contributed by atoms with Gasteiger partial charge in [-0.2, -0.15) is 0 Å². The Balaban J connectivity index is 1.66. The number of ketones is 1. The number of carbonyl (C=O) groups is 3. The van der Waals surface area contributed by atoms with E-state index in [4.69, 9.17) is 34.3 Å². The zero-order chi connectivity index (χ0) is 45.9. The number of aromatic nitrogens is 2. The number of rotatable bonds is 8. The number of esters is 1. The fourth-order valence-corrected chi connectivity index (χ4v) is 9.63. The molecule has 0 saturated carbocycles. The van der Waals surface area contributed by atoms with Gasteiger partial charge in [-0.3, -0.25) is 9.59 Å². The van der Waals surface area contributed by atoms with Gasteiger partial charge in [0, 0.05) is 35.9 Å². The number of alkyl halides is 1. The number of likely N-dealkylation sites (N-methyl/N-ethyl adjacent to an activating group) is 1. The van der Waals surface area contributed by atoms with Crippen LogP contribution in [0.4, 0.5) is 10.2 Å². The average Bonchev–Trinajstić information content (AvgIpc) is 3.67. The number of aliphatic hydroxyl groups excluding tert-OH is 1. The molecule has 19 heteroatoms. The van der Waals surface area contributed by atoms with Gasteiger partial charge in [0.25, 0.3) is 5.67 Å². The summed E-state index contributed by atoms with van der Waals surface area (Å²) in [6.07, 6.45) is -6.56. The second kappa shape index (κ2) is 19.9. The second-order valence-electron chi connectivity index (χ2n) is 17.6. The molecule has 17 nitrogen and oxygen atoms in total. The number of aliphatic hydroxyl groups is 2. The van der Waals surface area contributed by atoms with E-state index in [1.54, 1.807) is 44.4 Å². The van der Waals surface area contributed by atoms with Gasteiger partial charge in [-0.15, -0.1) is 11.3 Å². The van der Waals surface area contributed by atoms with Gasteiger partial charge in [-0.25, -0.2) is 24.1 Å². The largest absolute Gasteiger partial charge is 0.457 e. The van der Waals surface area contributed by atoms with E-state index in [1.165, 1.54) is 32.1 Å². The highest BCUT2D eigenvalue weighted by atomic mass is 32.1. The van der Waals surface area contributed by atoms with E-state index in [2.05, 4.69) is 20.1 Å². The third-order valence-electron chi connectivity index (χ3n) is 12.1. The summed E-state index contributed by atoms with van der Waals surface area (Å²) < 4.78 is 48.8. The van der Waals surface area contributed by atoms with Crippen LogP contribution in [0.25, 0.3) is 10.7 Å². The van der Waals surface area contributed by atoms with Crippen LogP contribution < -0.4 is 5.73 Å². The first-order chi connectivity index (χ1) is 29.0. The average molecular weight is 891 g/mol. The van der Waals surface area contributed by atoms with Gasteiger partial charge in [0.1, 0.15) is 40.0 Å². The van der Waals surface area contributed by atoms with Crippen molar-refractivity contribution in [2.24, 2.45) is 27.9 Å². The van der Waals surface area contributed by atoms with Gasteiger partial charge in [-0.05, 0) is 79.1 Å². The number of thiazole rings is 1. The highest BCUT2D eigenvalue weighted by molar-refractivity contribution is 7.13. The first-order valence-electron chi connectivity index (χ1n) is 21.0. The number of pyridine rings is 1. The van der Waals surface area contributed by atoms with Crippen molar-refractivity contribution in [3.63, 3.8) is 0 Å². The molecule has 5 rings (SSSR count). The maximum atomic E-state index is 16.9. The molecule has 5 heterocycles. The van der Waals surface area contributed by atoms with Crippen LogP contribution >= 0.6 is 11.3 Å². The number of hydrogen-bond acceptors (Lipinski definition) is 17. The van der Waals surface area contributed by atoms with Crippen molar-refractivity contribution in [1.82, 2.24) is 14.9 Å². The van der Waals surface area contributed by atoms with Gasteiger partial charge < -0.3 is 49.4 Å². The van der Waals surface area contributed by atoms with Crippen LogP contribution in [0.2, 0.25) is 0 Å². The zero-order valence-electron chi connectivity index (χ0n) is 37.5. The molecule has 3 saturated heterocycles. The lowest BCUT2D eigenvalue weighted by atomic mass is 9.73. The van der Waals surface area contributed by atoms with Crippen LogP contribution in [0.1, 0.15) is 87.3 Å². The van der Waals surface area contributed by atoms with Crippen LogP contribution in [0, 0.1) is 17.8 Å². The topological polar surface area (TPSA) is 227 Å². The molecule has 2 aromatic rings. The van der Waals surface area contributed by atoms with Gasteiger partial charge in [0.2, 0.25) is 5.91 Å². The number of Topliss-reactive ketones (excluding diaryl/α,β-unsaturated/α-hetero) is 1. The normalized spacial score (nSPS) is 38.0. The van der Waals surface area contributed by atoms with Crippen LogP contribution in [0.3, 0.4) is 0 Å². The van der Waals surface area contributed by atoms with E-state index in [0.717, 1.165) is 6.92 Å². The van der Waals surface area contributed by atoms with E-state index in [0.29, 0.717) is 34.3 Å². The third-order valence-corrected chi connectivity index (χ3v) is 13.0. The summed E-state index contributed by atoms with van der Waals surface area (Å²) in [5.41, 5.74) is 0.667. The van der Waals surface area contributed by atoms with Crippen molar-refractivity contribution in [1.29, 1.82) is 0 Å². The van der Waals surface area contributed by atoms with Crippen LogP contribution in [-0.2, 0) is 49.5 Å². The maximum absolute atomic E-state index is 16.9. The number of nitrogens with zero attached hydrogens (tertiary/aromatic N) is 5. The van der Waals surface area contributed by atoms with Gasteiger partial charge in [0.05, 0.1) is 42.8 Å². The smallest absolute Gasteiger partial charge is 0.351 e. The summed E-state index contributed by atoms with van der Waals surface area (Å²) >= 11 is 1.35. The number of nitrogen functional groups attached to an aromatic ring is 1. The quantitative estimate of drug-likeness (QED) is 0.191. The number of hydrogen-bond donors (Lipinski definition) is 3. The molecule has 3 aliphatic heterocycles. The fourth-order valence-electron chi connectivity index (χ4n) is 8.86. The maximum Gasteiger partial charge on any atom is 0.351 e. The number of fused-ring (bicyclic) bond motifs is 5. The Bertz CT molecular complexity index is 1980. The monoisotopic (exact) mass is 890 g/mol. The zero-order valence-corrected chi connectivity index (χ0v) is 38.3. The van der Waals surface area contributed by atoms with Crippen LogP contribution in [-0.4, -0.2) is 141 Å². The molecular weight excluding hydrogens is 828 g/mol. The Labute approximate surface area is 366 Å². The van der Waals surface area contributed by atoms with Gasteiger partial charge in [0.15, 0.2) is 18.7 Å². The Morgan fingerprint density at radius 3 is 2.47 bits per heavy atom. The number of nitrogens with two attached hydrogens (primary N) is 1. The van der Waals surface area contributed by atoms with Crippen molar-refractivity contribution in [3.05, 3.63) is 29.3 Å². The summed E-state index contributed by atoms with van der Waals surface area (Å²) in [4.78, 5) is 62.2. The summed E-state index contributed by atoms with van der Waals surface area (Å²) in [6.45, 7) is 12.9. The van der Waals surface area contributed by atoms with Gasteiger partial charge >= 0.3 is 5.97 Å². The summed E-state index contributed by atoms with van der Waals surface area (Å²) in [6, 6.07) is 4.84. The van der Waals surface area contributed by atoms with Crippen molar-refractivity contribution >= 4 is 46.2 Å². The minimum absolute atomic E-state index is 0.00545. The van der Waals surface area contributed by atoms with Crippen molar-refractivity contribution in [2.45, 2.75) is 148 Å². The molecule has 0 aliphatic carbocycles. The molecule has 0 aromatic carbocycles. The number of oxime groups is 1. The minimum atomic E-state index is -3.23. The fraction of sp³-hybridized carbons (Fsp3) is 0.698. The molecule has 2 aromatic heterocycles. The third kappa shape index (κ3) is 10.9. The molecule has 0 radical (unpaired) electrons. The summed E-state index contributed by atoms with van der Waals surface area (Å²) in [5, 5.41) is 30.9. The number of anilines is 1. The predicted molar refractivity (Wildman–Crippen MR) is 229 cm³/mol. The van der Waals surface area contributed by atoms with Crippen molar-refractivity contribution in [2.75, 3.05) is 33.0 Å². The Kier molecular flexibility index (Phi) is 15.8. The first-order valence-corrected chi connectivity index (χ1v) is 21.9. The molecule has 13 atom stereocenters. The highest BCUT2D eigenvalue weighted by Gasteiger charge is 2.56. The van der Waals surface area contributed by atoms with E-state index in [1.807, 2.05) is 32.8 Å². The molecule has 0 spiro atoms. The second-order valence-corrected chi connectivity index (χ2v) is 18.5. The molecular formula is C43H63FN6O11S. The number of cyclic esters (lactones) is 1. The van der Waals surface area contributed by atoms with Crippen LogP contribution in [0.5, 0.6) is 0 Å². The Hall–Kier alpha value is -3.82. The van der Waals surface area contributed by atoms with Gasteiger partial charge in [-0.1, -0.05) is 38.9 Å². The molecule has 2 bridgehead atoms. The van der Waals surface area contributed by atoms with Crippen molar-refractivity contribution in [3.8, 4) is 10.7 Å². The lowest BCUT2D eigenvalue weighted by molar-refractivity contribution is -0.296. The van der Waals surface area contributed by atoms with E-state index in [9.17, 15) is 24.6 Å². The molecule has 62 heavy (non-hydrogen) atoms. The van der Waals surface area contributed by atoms with E-state index >= 15 is 4.39 Å². The van der Waals surface area contributed by atoms with E-state index < -0.39 is 95.1 Å². The molecule has 3 fully saturated rings. The number of ether oxygens (including phenoxy) is 5. The lowest BCUT2D eigenvalue weighted by Gasteiger charge is -2.47. The van der Waals surface area contributed by atoms with Crippen LogP contribution in [0.15, 0.2) is 33.7 Å². The predicted octanol–water partition coefficient (Wildman–Crippen LogP) is 4.31. The lowest BCUT2D eigenvalue weighted by Crippen LogP contribution is -2.61. The summed E-state index contributed by atoms with van der Waals surface area (Å²) in [5.74, 6) is -5.79. The number of amides is 1. The number of aliphatic imine (C=N–C) groups is 1. The molecule has 4 N–H and O–H groups in total. The number of carbonyl (C=O) groups excluding carboxylic acids is 3. The van der Waals surface area contributed by atoms with Crippen molar-refractivity contribution < 1.29 is 57.5 Å². The Morgan fingerprint density at radius 1 is 1.11 bits per heavy atom.